The molecule has 0 aliphatic rings. The Morgan fingerprint density at radius 2 is 2.00 bits per heavy atom. The second-order valence-electron chi connectivity index (χ2n) is 2.39. The Balaban J connectivity index is 3.45. The lowest BCUT2D eigenvalue weighted by Crippen LogP contribution is -2.03. The van der Waals surface area contributed by atoms with E-state index in [1.54, 1.807) is 0 Å². The summed E-state index contributed by atoms with van der Waals surface area (Å²) in [6, 6.07) is 0.715. The molecule has 3 nitrogen and oxygen atoms in total. The quantitative estimate of drug-likeness (QED) is 0.621. The molecule has 0 radical (unpaired) electrons. The summed E-state index contributed by atoms with van der Waals surface area (Å²) in [5, 5.41) is -0.821. The first-order valence-corrected chi connectivity index (χ1v) is 6.42. The standard InChI is InChI=1S/C6H2BrClF3NO2S/c7-2-1-3(15(8,13)14)12-6(11)4(2)5(9)10/h1,5H. The van der Waals surface area contributed by atoms with Gasteiger partial charge in [0.1, 0.15) is 0 Å². The Bertz CT molecular complexity index is 470. The number of hydrogen-bond acceptors (Lipinski definition) is 3. The van der Waals surface area contributed by atoms with Crippen molar-refractivity contribution in [1.29, 1.82) is 0 Å². The van der Waals surface area contributed by atoms with Gasteiger partial charge in [0.15, 0.2) is 5.03 Å². The van der Waals surface area contributed by atoms with Crippen LogP contribution in [0, 0.1) is 5.95 Å². The van der Waals surface area contributed by atoms with Gasteiger partial charge in [0.05, 0.1) is 5.56 Å². The highest BCUT2D eigenvalue weighted by Crippen LogP contribution is 2.31. The molecule has 9 heteroatoms. The molecular formula is C6H2BrClF3NO2S. The van der Waals surface area contributed by atoms with E-state index in [2.05, 4.69) is 20.9 Å². The van der Waals surface area contributed by atoms with Crippen LogP contribution in [0.2, 0.25) is 0 Å². The van der Waals surface area contributed by atoms with Crippen LogP contribution in [0.3, 0.4) is 0 Å². The third kappa shape index (κ3) is 2.82. The molecule has 0 bridgehead atoms. The maximum atomic E-state index is 12.9. The van der Waals surface area contributed by atoms with Crippen molar-refractivity contribution in [3.05, 3.63) is 22.1 Å². The van der Waals surface area contributed by atoms with E-state index < -0.39 is 36.5 Å². The minimum Gasteiger partial charge on any atom is -0.206 e. The van der Waals surface area contributed by atoms with E-state index in [0.717, 1.165) is 0 Å². The summed E-state index contributed by atoms with van der Waals surface area (Å²) in [5.74, 6) is -1.57. The zero-order valence-electron chi connectivity index (χ0n) is 6.72. The Kier molecular flexibility index (Phi) is 3.62. The molecular weight excluding hydrogens is 322 g/mol. The van der Waals surface area contributed by atoms with Crippen LogP contribution in [0.5, 0.6) is 0 Å². The molecule has 0 aromatic carbocycles. The largest absolute Gasteiger partial charge is 0.278 e. The minimum atomic E-state index is -4.24. The molecule has 0 aliphatic carbocycles. The first-order valence-electron chi connectivity index (χ1n) is 3.32. The fraction of sp³-hybridized carbons (Fsp3) is 0.167. The van der Waals surface area contributed by atoms with Crippen molar-refractivity contribution in [2.75, 3.05) is 0 Å². The van der Waals surface area contributed by atoms with Crippen LogP contribution in [0.1, 0.15) is 12.0 Å². The molecule has 0 saturated heterocycles. The lowest BCUT2D eigenvalue weighted by atomic mass is 10.3. The smallest absolute Gasteiger partial charge is 0.206 e. The monoisotopic (exact) mass is 323 g/mol. The average Bonchev–Trinajstić information content (AvgIpc) is 1.99. The summed E-state index contributed by atoms with van der Waals surface area (Å²) >= 11 is 2.61. The zero-order chi connectivity index (χ0) is 11.8. The van der Waals surface area contributed by atoms with Gasteiger partial charge >= 0.3 is 0 Å². The van der Waals surface area contributed by atoms with Crippen LogP contribution in [-0.2, 0) is 9.05 Å². The van der Waals surface area contributed by atoms with Crippen molar-refractivity contribution >= 4 is 35.7 Å². The molecule has 0 N–H and O–H groups in total. The number of rotatable bonds is 2. The molecule has 0 saturated carbocycles. The Hall–Kier alpha value is -0.340. The minimum absolute atomic E-state index is 0.399. The number of pyridine rings is 1. The molecule has 15 heavy (non-hydrogen) atoms. The normalized spacial score (nSPS) is 12.1. The highest BCUT2D eigenvalue weighted by molar-refractivity contribution is 9.10. The van der Waals surface area contributed by atoms with Crippen molar-refractivity contribution < 1.29 is 21.6 Å². The van der Waals surface area contributed by atoms with Crippen LogP contribution in [-0.4, -0.2) is 13.4 Å². The summed E-state index contributed by atoms with van der Waals surface area (Å²) in [6.07, 6.45) is -3.10. The van der Waals surface area contributed by atoms with Gasteiger partial charge in [0, 0.05) is 15.2 Å². The van der Waals surface area contributed by atoms with E-state index in [1.165, 1.54) is 0 Å². The van der Waals surface area contributed by atoms with Crippen molar-refractivity contribution in [3.8, 4) is 0 Å². The Morgan fingerprint density at radius 3 is 2.33 bits per heavy atom. The number of hydrogen-bond donors (Lipinski definition) is 0. The molecule has 0 fully saturated rings. The van der Waals surface area contributed by atoms with E-state index in [0.29, 0.717) is 6.07 Å². The average molecular weight is 325 g/mol. The molecule has 1 aromatic rings. The lowest BCUT2D eigenvalue weighted by molar-refractivity contribution is 0.144. The summed E-state index contributed by atoms with van der Waals surface area (Å²) < 4.78 is 58.5. The Labute approximate surface area is 95.8 Å². The second kappa shape index (κ2) is 4.26. The fourth-order valence-electron chi connectivity index (χ4n) is 0.793. The van der Waals surface area contributed by atoms with Gasteiger partial charge in [-0.15, -0.1) is 0 Å². The van der Waals surface area contributed by atoms with E-state index in [4.69, 9.17) is 10.7 Å². The predicted octanol–water partition coefficient (Wildman–Crippen LogP) is 2.85. The van der Waals surface area contributed by atoms with Gasteiger partial charge in [-0.25, -0.2) is 22.2 Å². The van der Waals surface area contributed by atoms with Crippen LogP contribution in [0.25, 0.3) is 0 Å². The van der Waals surface area contributed by atoms with Crippen LogP contribution >= 0.6 is 26.6 Å². The van der Waals surface area contributed by atoms with Gasteiger partial charge in [-0.2, -0.15) is 4.39 Å². The van der Waals surface area contributed by atoms with Gasteiger partial charge in [0.2, 0.25) is 5.95 Å². The van der Waals surface area contributed by atoms with Gasteiger partial charge in [-0.1, -0.05) is 15.9 Å². The molecule has 0 atom stereocenters. The Morgan fingerprint density at radius 1 is 1.47 bits per heavy atom. The topological polar surface area (TPSA) is 47.0 Å². The molecule has 0 aliphatic heterocycles. The third-order valence-electron chi connectivity index (χ3n) is 1.41. The molecule has 0 unspecified atom stereocenters. The number of halogens is 5. The highest BCUT2D eigenvalue weighted by atomic mass is 79.9. The lowest BCUT2D eigenvalue weighted by Gasteiger charge is -2.05. The summed E-state index contributed by atoms with van der Waals surface area (Å²) in [5.41, 5.74) is -1.00. The van der Waals surface area contributed by atoms with E-state index in [9.17, 15) is 21.6 Å². The maximum absolute atomic E-state index is 12.9. The molecule has 1 heterocycles. The van der Waals surface area contributed by atoms with Crippen LogP contribution < -0.4 is 0 Å². The molecule has 0 amide bonds. The molecule has 84 valence electrons. The first-order chi connectivity index (χ1) is 6.73. The zero-order valence-corrected chi connectivity index (χ0v) is 9.87. The first kappa shape index (κ1) is 12.7. The van der Waals surface area contributed by atoms with Crippen molar-refractivity contribution in [3.63, 3.8) is 0 Å². The van der Waals surface area contributed by atoms with Crippen molar-refractivity contribution in [2.45, 2.75) is 11.5 Å². The second-order valence-corrected chi connectivity index (χ2v) is 5.75. The number of aromatic nitrogens is 1. The fourth-order valence-corrected chi connectivity index (χ4v) is 2.18. The van der Waals surface area contributed by atoms with Gasteiger partial charge < -0.3 is 0 Å². The highest BCUT2D eigenvalue weighted by Gasteiger charge is 2.23. The van der Waals surface area contributed by atoms with E-state index >= 15 is 0 Å². The summed E-state index contributed by atoms with van der Waals surface area (Å²) in [4.78, 5) is 2.83. The SMILES string of the molecule is O=S(=O)(Cl)c1cc(Br)c(C(F)F)c(F)n1. The molecule has 0 spiro atoms. The summed E-state index contributed by atoms with van der Waals surface area (Å²) in [7, 11) is 0.625. The molecule has 1 rings (SSSR count). The van der Waals surface area contributed by atoms with E-state index in [1.807, 2.05) is 0 Å². The summed E-state index contributed by atoms with van der Waals surface area (Å²) in [6.45, 7) is 0. The van der Waals surface area contributed by atoms with E-state index in [-0.39, 0.29) is 0 Å². The van der Waals surface area contributed by atoms with Gasteiger partial charge in [-0.05, 0) is 6.07 Å². The van der Waals surface area contributed by atoms with Crippen LogP contribution in [0.15, 0.2) is 15.6 Å². The van der Waals surface area contributed by atoms with Gasteiger partial charge in [0.25, 0.3) is 15.5 Å². The predicted molar refractivity (Wildman–Crippen MR) is 49.9 cm³/mol. The number of alkyl halides is 2. The third-order valence-corrected chi connectivity index (χ3v) is 3.25. The van der Waals surface area contributed by atoms with Crippen LogP contribution in [0.4, 0.5) is 13.2 Å². The number of nitrogens with zero attached hydrogens (tertiary/aromatic N) is 1. The van der Waals surface area contributed by atoms with Gasteiger partial charge in [-0.3, -0.25) is 0 Å². The maximum Gasteiger partial charge on any atom is 0.278 e. The van der Waals surface area contributed by atoms with Crippen molar-refractivity contribution in [2.24, 2.45) is 0 Å². The molecule has 1 aromatic heterocycles. The van der Waals surface area contributed by atoms with Crippen molar-refractivity contribution in [1.82, 2.24) is 4.98 Å².